The van der Waals surface area contributed by atoms with Crippen molar-refractivity contribution in [2.45, 2.75) is 25.8 Å². The molecule has 6 nitrogen and oxygen atoms in total. The summed E-state index contributed by atoms with van der Waals surface area (Å²) in [7, 11) is 1.29. The van der Waals surface area contributed by atoms with Crippen LogP contribution in [0.15, 0.2) is 24.3 Å². The molecule has 1 aromatic carbocycles. The molecule has 0 aliphatic heterocycles. The van der Waals surface area contributed by atoms with E-state index in [0.717, 1.165) is 6.42 Å². The van der Waals surface area contributed by atoms with Crippen molar-refractivity contribution in [3.05, 3.63) is 24.3 Å². The van der Waals surface area contributed by atoms with Gasteiger partial charge >= 0.3 is 6.09 Å². The molecular formula is C13H19N3O3. The molecule has 0 fully saturated rings. The maximum Gasteiger partial charge on any atom is 0.411 e. The van der Waals surface area contributed by atoms with Gasteiger partial charge in [-0.2, -0.15) is 0 Å². The quantitative estimate of drug-likeness (QED) is 0.758. The predicted molar refractivity (Wildman–Crippen MR) is 74.0 cm³/mol. The lowest BCUT2D eigenvalue weighted by Crippen LogP contribution is -2.35. The molecule has 1 atom stereocenters. The topological polar surface area (TPSA) is 93.5 Å². The first-order valence-electron chi connectivity index (χ1n) is 6.08. The number of hydrogen-bond donors (Lipinski definition) is 3. The van der Waals surface area contributed by atoms with Crippen LogP contribution in [0.2, 0.25) is 0 Å². The van der Waals surface area contributed by atoms with E-state index in [1.54, 1.807) is 24.3 Å². The Morgan fingerprint density at radius 1 is 1.21 bits per heavy atom. The van der Waals surface area contributed by atoms with Gasteiger partial charge in [0.1, 0.15) is 0 Å². The van der Waals surface area contributed by atoms with Crippen LogP contribution in [-0.2, 0) is 9.53 Å². The third-order valence-electron chi connectivity index (χ3n) is 2.52. The highest BCUT2D eigenvalue weighted by Gasteiger charge is 2.12. The average Bonchev–Trinajstić information content (AvgIpc) is 2.41. The Morgan fingerprint density at radius 3 is 2.21 bits per heavy atom. The van der Waals surface area contributed by atoms with Gasteiger partial charge in [-0.05, 0) is 30.7 Å². The zero-order valence-electron chi connectivity index (χ0n) is 11.1. The lowest BCUT2D eigenvalue weighted by molar-refractivity contribution is -0.117. The standard InChI is InChI=1S/C13H19N3O3/c1-3-4-11(14)12(17)15-9-5-7-10(8-6-9)16-13(18)19-2/h5-8,11H,3-4,14H2,1-2H3,(H,15,17)(H,16,18)/t11-/m1/s1. The van der Waals surface area contributed by atoms with Crippen LogP contribution < -0.4 is 16.4 Å². The van der Waals surface area contributed by atoms with Crippen molar-refractivity contribution in [1.29, 1.82) is 0 Å². The highest BCUT2D eigenvalue weighted by molar-refractivity contribution is 5.95. The summed E-state index contributed by atoms with van der Waals surface area (Å²) in [5, 5.41) is 5.23. The molecule has 19 heavy (non-hydrogen) atoms. The Labute approximate surface area is 112 Å². The van der Waals surface area contributed by atoms with Gasteiger partial charge in [-0.1, -0.05) is 13.3 Å². The van der Waals surface area contributed by atoms with Crippen LogP contribution in [0.5, 0.6) is 0 Å². The van der Waals surface area contributed by atoms with Crippen molar-refractivity contribution in [3.63, 3.8) is 0 Å². The lowest BCUT2D eigenvalue weighted by atomic mass is 10.1. The summed E-state index contributed by atoms with van der Waals surface area (Å²) in [6.07, 6.45) is 0.964. The van der Waals surface area contributed by atoms with Crippen LogP contribution in [0.25, 0.3) is 0 Å². The van der Waals surface area contributed by atoms with Gasteiger partial charge in [0.25, 0.3) is 0 Å². The molecule has 1 rings (SSSR count). The molecule has 0 spiro atoms. The molecule has 2 amide bonds. The van der Waals surface area contributed by atoms with E-state index in [-0.39, 0.29) is 5.91 Å². The molecule has 104 valence electrons. The monoisotopic (exact) mass is 265 g/mol. The minimum Gasteiger partial charge on any atom is -0.453 e. The average molecular weight is 265 g/mol. The molecule has 0 aromatic heterocycles. The molecule has 0 saturated heterocycles. The highest BCUT2D eigenvalue weighted by Crippen LogP contribution is 2.14. The van der Waals surface area contributed by atoms with Crippen LogP contribution >= 0.6 is 0 Å². The lowest BCUT2D eigenvalue weighted by Gasteiger charge is -2.11. The molecule has 0 aliphatic rings. The van der Waals surface area contributed by atoms with Gasteiger partial charge in [-0.25, -0.2) is 4.79 Å². The number of nitrogens with two attached hydrogens (primary N) is 1. The first-order valence-corrected chi connectivity index (χ1v) is 6.08. The van der Waals surface area contributed by atoms with Crippen LogP contribution in [0.3, 0.4) is 0 Å². The molecule has 4 N–H and O–H groups in total. The molecule has 0 radical (unpaired) electrons. The number of rotatable bonds is 5. The maximum atomic E-state index is 11.7. The van der Waals surface area contributed by atoms with Gasteiger partial charge in [0.05, 0.1) is 13.2 Å². The van der Waals surface area contributed by atoms with E-state index in [1.807, 2.05) is 6.92 Å². The van der Waals surface area contributed by atoms with Gasteiger partial charge in [0.15, 0.2) is 0 Å². The number of carbonyl (C=O) groups excluding carboxylic acids is 2. The van der Waals surface area contributed by atoms with Gasteiger partial charge in [-0.15, -0.1) is 0 Å². The zero-order valence-corrected chi connectivity index (χ0v) is 11.1. The van der Waals surface area contributed by atoms with E-state index in [2.05, 4.69) is 15.4 Å². The largest absolute Gasteiger partial charge is 0.453 e. The van der Waals surface area contributed by atoms with Gasteiger partial charge in [0.2, 0.25) is 5.91 Å². The fourth-order valence-electron chi connectivity index (χ4n) is 1.48. The molecule has 0 heterocycles. The number of benzene rings is 1. The molecule has 0 bridgehead atoms. The number of amides is 2. The van der Waals surface area contributed by atoms with Crippen molar-refractivity contribution in [2.75, 3.05) is 17.7 Å². The van der Waals surface area contributed by atoms with E-state index in [9.17, 15) is 9.59 Å². The first-order chi connectivity index (χ1) is 9.06. The Hall–Kier alpha value is -2.08. The summed E-state index contributed by atoms with van der Waals surface area (Å²) in [6, 6.07) is 6.19. The third-order valence-corrected chi connectivity index (χ3v) is 2.52. The van der Waals surface area contributed by atoms with Gasteiger partial charge < -0.3 is 15.8 Å². The van der Waals surface area contributed by atoms with Crippen molar-refractivity contribution < 1.29 is 14.3 Å². The number of ether oxygens (including phenoxy) is 1. The third kappa shape index (κ3) is 4.97. The summed E-state index contributed by atoms with van der Waals surface area (Å²) >= 11 is 0. The minimum atomic E-state index is -0.540. The number of nitrogens with one attached hydrogen (secondary N) is 2. The molecule has 1 aromatic rings. The van der Waals surface area contributed by atoms with Crippen molar-refractivity contribution in [1.82, 2.24) is 0 Å². The number of anilines is 2. The summed E-state index contributed by atoms with van der Waals surface area (Å²) < 4.78 is 4.47. The van der Waals surface area contributed by atoms with E-state index >= 15 is 0 Å². The Morgan fingerprint density at radius 2 is 1.74 bits per heavy atom. The first kappa shape index (κ1) is 15.0. The number of hydrogen-bond acceptors (Lipinski definition) is 4. The highest BCUT2D eigenvalue weighted by atomic mass is 16.5. The van der Waals surface area contributed by atoms with Gasteiger partial charge in [-0.3, -0.25) is 10.1 Å². The van der Waals surface area contributed by atoms with Crippen molar-refractivity contribution in [3.8, 4) is 0 Å². The Balaban J connectivity index is 2.57. The van der Waals surface area contributed by atoms with Gasteiger partial charge in [0, 0.05) is 11.4 Å². The van der Waals surface area contributed by atoms with E-state index in [4.69, 9.17) is 5.73 Å². The summed E-state index contributed by atoms with van der Waals surface area (Å²) in [5.74, 6) is -0.212. The zero-order chi connectivity index (χ0) is 14.3. The molecule has 6 heteroatoms. The van der Waals surface area contributed by atoms with Crippen LogP contribution in [-0.4, -0.2) is 25.2 Å². The predicted octanol–water partition coefficient (Wildman–Crippen LogP) is 1.93. The number of methoxy groups -OCH3 is 1. The normalized spacial score (nSPS) is 11.5. The van der Waals surface area contributed by atoms with Crippen LogP contribution in [0, 0.1) is 0 Å². The number of carbonyl (C=O) groups is 2. The van der Waals surface area contributed by atoms with Crippen molar-refractivity contribution >= 4 is 23.4 Å². The summed E-state index contributed by atoms with van der Waals surface area (Å²) in [5.41, 5.74) is 6.92. The van der Waals surface area contributed by atoms with E-state index in [1.165, 1.54) is 7.11 Å². The van der Waals surface area contributed by atoms with Crippen LogP contribution in [0.4, 0.5) is 16.2 Å². The minimum absolute atomic E-state index is 0.212. The molecule has 0 aliphatic carbocycles. The Kier molecular flexibility index (Phi) is 5.81. The second kappa shape index (κ2) is 7.38. The summed E-state index contributed by atoms with van der Waals surface area (Å²) in [6.45, 7) is 1.97. The molecule has 0 saturated carbocycles. The fraction of sp³-hybridized carbons (Fsp3) is 0.385. The second-order valence-corrected chi connectivity index (χ2v) is 4.08. The molecular weight excluding hydrogens is 246 g/mol. The maximum absolute atomic E-state index is 11.7. The SMILES string of the molecule is CCC[C@@H](N)C(=O)Nc1ccc(NC(=O)OC)cc1. The Bertz CT molecular complexity index is 431. The van der Waals surface area contributed by atoms with E-state index < -0.39 is 12.1 Å². The summed E-state index contributed by atoms with van der Waals surface area (Å²) in [4.78, 5) is 22.7. The smallest absolute Gasteiger partial charge is 0.411 e. The van der Waals surface area contributed by atoms with Crippen LogP contribution in [0.1, 0.15) is 19.8 Å². The van der Waals surface area contributed by atoms with Crippen molar-refractivity contribution in [2.24, 2.45) is 5.73 Å². The molecule has 0 unspecified atom stereocenters. The van der Waals surface area contributed by atoms with E-state index in [0.29, 0.717) is 17.8 Å². The fourth-order valence-corrected chi connectivity index (χ4v) is 1.48. The second-order valence-electron chi connectivity index (χ2n) is 4.08.